The first kappa shape index (κ1) is 16.6. The highest BCUT2D eigenvalue weighted by molar-refractivity contribution is 7.84. The van der Waals surface area contributed by atoms with E-state index in [2.05, 4.69) is 15.6 Å². The molecule has 1 amide bonds. The molecule has 0 saturated carbocycles. The van der Waals surface area contributed by atoms with E-state index in [0.29, 0.717) is 18.7 Å². The monoisotopic (exact) mass is 301 g/mol. The normalized spacial score (nSPS) is 13.6. The second-order valence-electron chi connectivity index (χ2n) is 4.49. The van der Waals surface area contributed by atoms with Gasteiger partial charge in [-0.3, -0.25) is 9.00 Å². The molecule has 0 aromatic carbocycles. The Bertz CT molecular complexity index is 497. The lowest BCUT2D eigenvalue weighted by molar-refractivity contribution is 0.0935. The molecular weight excluding hydrogens is 281 g/mol. The molecule has 0 aliphatic carbocycles. The lowest BCUT2D eigenvalue weighted by Crippen LogP contribution is -2.34. The van der Waals surface area contributed by atoms with Crippen LogP contribution in [0.25, 0.3) is 0 Å². The Balaban J connectivity index is 2.72. The third-order valence-electron chi connectivity index (χ3n) is 2.69. The highest BCUT2D eigenvalue weighted by Crippen LogP contribution is 2.15. The minimum Gasteiger partial charge on any atom is -0.368 e. The van der Waals surface area contributed by atoms with Crippen LogP contribution in [0.1, 0.15) is 30.6 Å². The first-order chi connectivity index (χ1) is 9.45. The van der Waals surface area contributed by atoms with Crippen molar-refractivity contribution in [3.63, 3.8) is 0 Å². The van der Waals surface area contributed by atoms with Crippen LogP contribution in [0.5, 0.6) is 0 Å². The summed E-state index contributed by atoms with van der Waals surface area (Å²) in [5.74, 6) is -0.567. The van der Waals surface area contributed by atoms with Crippen LogP contribution in [0.3, 0.4) is 0 Å². The van der Waals surface area contributed by atoms with E-state index in [4.69, 9.17) is 0 Å². The molecule has 1 rings (SSSR count). The molecule has 0 spiro atoms. The third kappa shape index (κ3) is 4.88. The van der Waals surface area contributed by atoms with Crippen molar-refractivity contribution in [1.82, 2.24) is 10.3 Å². The number of nitrogens with zero attached hydrogens (tertiary/aromatic N) is 1. The molecule has 5 nitrogen and oxygen atoms in total. The first-order valence-electron chi connectivity index (χ1n) is 6.45. The van der Waals surface area contributed by atoms with Crippen LogP contribution in [-0.4, -0.2) is 39.7 Å². The summed E-state index contributed by atoms with van der Waals surface area (Å²) in [5.41, 5.74) is -0.0413. The number of hydrogen-bond donors (Lipinski definition) is 2. The molecule has 112 valence electrons. The lowest BCUT2D eigenvalue weighted by atomic mass is 10.2. The van der Waals surface area contributed by atoms with E-state index in [1.54, 1.807) is 13.2 Å². The Morgan fingerprint density at radius 2 is 2.25 bits per heavy atom. The van der Waals surface area contributed by atoms with Crippen molar-refractivity contribution in [2.75, 3.05) is 23.9 Å². The van der Waals surface area contributed by atoms with E-state index >= 15 is 0 Å². The molecule has 0 saturated heterocycles. The standard InChI is InChI=1S/C13H20FN3O2S/c1-4-15-12-11(14)10(5-7-16-12)13(18)17-9(2)6-8-20(3)19/h5,7,9H,4,6,8H2,1-3H3,(H,15,16)(H,17,18). The van der Waals surface area contributed by atoms with Crippen molar-refractivity contribution in [2.24, 2.45) is 0 Å². The van der Waals surface area contributed by atoms with Gasteiger partial charge in [0.2, 0.25) is 0 Å². The van der Waals surface area contributed by atoms with Crippen LogP contribution in [-0.2, 0) is 10.8 Å². The van der Waals surface area contributed by atoms with Crippen LogP contribution in [0.4, 0.5) is 10.2 Å². The Labute approximate surface area is 120 Å². The smallest absolute Gasteiger partial charge is 0.254 e. The number of amides is 1. The predicted octanol–water partition coefficient (Wildman–Crippen LogP) is 1.54. The SMILES string of the molecule is CCNc1nccc(C(=O)NC(C)CCS(C)=O)c1F. The highest BCUT2D eigenvalue weighted by atomic mass is 32.2. The Morgan fingerprint density at radius 1 is 1.55 bits per heavy atom. The molecule has 0 radical (unpaired) electrons. The van der Waals surface area contributed by atoms with E-state index in [0.717, 1.165) is 0 Å². The maximum Gasteiger partial charge on any atom is 0.254 e. The van der Waals surface area contributed by atoms with Gasteiger partial charge in [-0.15, -0.1) is 0 Å². The molecule has 2 N–H and O–H groups in total. The summed E-state index contributed by atoms with van der Waals surface area (Å²) in [6, 6.07) is 1.18. The maximum atomic E-state index is 14.0. The number of carbonyl (C=O) groups is 1. The van der Waals surface area contributed by atoms with Crippen molar-refractivity contribution < 1.29 is 13.4 Å². The molecule has 0 bridgehead atoms. The van der Waals surface area contributed by atoms with Crippen LogP contribution in [0, 0.1) is 5.82 Å². The van der Waals surface area contributed by atoms with Crippen LogP contribution >= 0.6 is 0 Å². The summed E-state index contributed by atoms with van der Waals surface area (Å²) in [4.78, 5) is 15.8. The minimum atomic E-state index is -0.902. The number of nitrogens with one attached hydrogen (secondary N) is 2. The molecule has 0 fully saturated rings. The quantitative estimate of drug-likeness (QED) is 0.801. The number of carbonyl (C=O) groups excluding carboxylic acids is 1. The number of anilines is 1. The zero-order chi connectivity index (χ0) is 15.1. The average molecular weight is 301 g/mol. The third-order valence-corrected chi connectivity index (χ3v) is 3.50. The van der Waals surface area contributed by atoms with Gasteiger partial charge in [-0.1, -0.05) is 0 Å². The summed E-state index contributed by atoms with van der Waals surface area (Å²) in [6.07, 6.45) is 3.59. The molecule has 0 aliphatic rings. The van der Waals surface area contributed by atoms with Gasteiger partial charge in [0, 0.05) is 41.6 Å². The number of aromatic nitrogens is 1. The topological polar surface area (TPSA) is 71.1 Å². The van der Waals surface area contributed by atoms with Gasteiger partial charge in [0.15, 0.2) is 11.6 Å². The number of hydrogen-bond acceptors (Lipinski definition) is 4. The summed E-state index contributed by atoms with van der Waals surface area (Å²) < 4.78 is 25.0. The molecule has 2 atom stereocenters. The molecule has 2 unspecified atom stereocenters. The lowest BCUT2D eigenvalue weighted by Gasteiger charge is -2.14. The van der Waals surface area contributed by atoms with E-state index in [9.17, 15) is 13.4 Å². The van der Waals surface area contributed by atoms with Gasteiger partial charge >= 0.3 is 0 Å². The zero-order valence-electron chi connectivity index (χ0n) is 11.9. The van der Waals surface area contributed by atoms with Crippen LogP contribution < -0.4 is 10.6 Å². The molecule has 1 aromatic rings. The largest absolute Gasteiger partial charge is 0.368 e. The highest BCUT2D eigenvalue weighted by Gasteiger charge is 2.17. The average Bonchev–Trinajstić information content (AvgIpc) is 2.39. The van der Waals surface area contributed by atoms with Gasteiger partial charge in [0.25, 0.3) is 5.91 Å². The van der Waals surface area contributed by atoms with Crippen molar-refractivity contribution in [3.05, 3.63) is 23.6 Å². The molecule has 1 heterocycles. The van der Waals surface area contributed by atoms with Gasteiger partial charge in [-0.25, -0.2) is 9.37 Å². The second-order valence-corrected chi connectivity index (χ2v) is 6.05. The van der Waals surface area contributed by atoms with Crippen molar-refractivity contribution >= 4 is 22.5 Å². The molecule has 20 heavy (non-hydrogen) atoms. The molecule has 0 aliphatic heterocycles. The summed E-state index contributed by atoms with van der Waals surface area (Å²) in [6.45, 7) is 4.14. The summed E-state index contributed by atoms with van der Waals surface area (Å²) in [5, 5.41) is 5.45. The van der Waals surface area contributed by atoms with E-state index in [1.807, 2.05) is 6.92 Å². The Hall–Kier alpha value is -1.50. The fourth-order valence-electron chi connectivity index (χ4n) is 1.63. The molecule has 7 heteroatoms. The minimum absolute atomic E-state index is 0.0413. The van der Waals surface area contributed by atoms with Crippen LogP contribution in [0.2, 0.25) is 0 Å². The van der Waals surface area contributed by atoms with Crippen molar-refractivity contribution in [2.45, 2.75) is 26.3 Å². The van der Waals surface area contributed by atoms with E-state index in [-0.39, 0.29) is 17.4 Å². The second kappa shape index (κ2) is 7.94. The molecule has 1 aromatic heterocycles. The first-order valence-corrected chi connectivity index (χ1v) is 8.17. The fraction of sp³-hybridized carbons (Fsp3) is 0.538. The predicted molar refractivity (Wildman–Crippen MR) is 78.8 cm³/mol. The summed E-state index contributed by atoms with van der Waals surface area (Å²) in [7, 11) is -0.902. The van der Waals surface area contributed by atoms with Gasteiger partial charge < -0.3 is 10.6 Å². The van der Waals surface area contributed by atoms with Gasteiger partial charge in [-0.05, 0) is 26.3 Å². The van der Waals surface area contributed by atoms with Gasteiger partial charge in [0.1, 0.15) is 0 Å². The Kier molecular flexibility index (Phi) is 6.57. The van der Waals surface area contributed by atoms with Crippen LogP contribution in [0.15, 0.2) is 12.3 Å². The van der Waals surface area contributed by atoms with Crippen molar-refractivity contribution in [1.29, 1.82) is 0 Å². The fourth-order valence-corrected chi connectivity index (χ4v) is 2.31. The van der Waals surface area contributed by atoms with Crippen molar-refractivity contribution in [3.8, 4) is 0 Å². The number of rotatable bonds is 7. The summed E-state index contributed by atoms with van der Waals surface area (Å²) >= 11 is 0. The number of pyridine rings is 1. The van der Waals surface area contributed by atoms with Gasteiger partial charge in [-0.2, -0.15) is 0 Å². The number of halogens is 1. The van der Waals surface area contributed by atoms with Gasteiger partial charge in [0.05, 0.1) is 5.56 Å². The maximum absolute atomic E-state index is 14.0. The van der Waals surface area contributed by atoms with E-state index in [1.165, 1.54) is 12.3 Å². The zero-order valence-corrected chi connectivity index (χ0v) is 12.7. The Morgan fingerprint density at radius 3 is 2.85 bits per heavy atom. The molecular formula is C13H20FN3O2S. The van der Waals surface area contributed by atoms with E-state index < -0.39 is 22.5 Å².